The Morgan fingerprint density at radius 3 is 2.43 bits per heavy atom. The minimum atomic E-state index is -4.59. The lowest BCUT2D eigenvalue weighted by molar-refractivity contribution is -0.137. The van der Waals surface area contributed by atoms with Gasteiger partial charge in [0.25, 0.3) is 0 Å². The summed E-state index contributed by atoms with van der Waals surface area (Å²) in [5.74, 6) is -0.748. The number of sulfonamides is 1. The second kappa shape index (κ2) is 5.16. The van der Waals surface area contributed by atoms with E-state index < -0.39 is 42.6 Å². The number of sulfone groups is 1. The van der Waals surface area contributed by atoms with Crippen molar-refractivity contribution in [3.05, 3.63) is 29.8 Å². The van der Waals surface area contributed by atoms with Crippen LogP contribution in [0.2, 0.25) is 0 Å². The molecule has 0 aliphatic carbocycles. The second-order valence-corrected chi connectivity index (χ2v) is 8.94. The first-order chi connectivity index (χ1) is 9.50. The molecule has 1 aromatic carbocycles. The summed E-state index contributed by atoms with van der Waals surface area (Å²) in [7, 11) is -7.44. The summed E-state index contributed by atoms with van der Waals surface area (Å²) < 4.78 is 86.2. The molecule has 5 nitrogen and oxygen atoms in total. The van der Waals surface area contributed by atoms with Crippen LogP contribution < -0.4 is 4.72 Å². The highest BCUT2D eigenvalue weighted by atomic mass is 32.2. The van der Waals surface area contributed by atoms with Gasteiger partial charge in [0, 0.05) is 5.69 Å². The number of hydrogen-bond acceptors (Lipinski definition) is 4. The quantitative estimate of drug-likeness (QED) is 0.905. The van der Waals surface area contributed by atoms with E-state index in [2.05, 4.69) is 0 Å². The fraction of sp³-hybridized carbons (Fsp3) is 0.455. The van der Waals surface area contributed by atoms with Gasteiger partial charge in [-0.3, -0.25) is 4.72 Å². The Kier molecular flexibility index (Phi) is 3.96. The van der Waals surface area contributed by atoms with Crippen molar-refractivity contribution in [2.45, 2.75) is 17.8 Å². The molecule has 0 amide bonds. The van der Waals surface area contributed by atoms with E-state index in [1.54, 1.807) is 0 Å². The van der Waals surface area contributed by atoms with Gasteiger partial charge >= 0.3 is 6.18 Å². The van der Waals surface area contributed by atoms with Crippen molar-refractivity contribution in [3.8, 4) is 0 Å². The fourth-order valence-corrected chi connectivity index (χ4v) is 6.09. The van der Waals surface area contributed by atoms with E-state index in [4.69, 9.17) is 0 Å². The molecule has 1 aromatic rings. The topological polar surface area (TPSA) is 80.3 Å². The first-order valence-corrected chi connectivity index (χ1v) is 9.26. The van der Waals surface area contributed by atoms with Gasteiger partial charge in [-0.05, 0) is 24.6 Å². The van der Waals surface area contributed by atoms with Gasteiger partial charge in [0.15, 0.2) is 9.84 Å². The standard InChI is InChI=1S/C11H12F3NO4S2/c12-11(13,14)8-2-1-3-9(6-8)15-21(18,19)10-4-5-20(16,17)7-10/h1-3,6,10,15H,4-5,7H2/t10-/m1/s1. The van der Waals surface area contributed by atoms with Crippen molar-refractivity contribution in [2.75, 3.05) is 16.2 Å². The predicted octanol–water partition coefficient (Wildman–Crippen LogP) is 1.63. The van der Waals surface area contributed by atoms with Gasteiger partial charge in [-0.15, -0.1) is 0 Å². The lowest BCUT2D eigenvalue weighted by Crippen LogP contribution is -2.28. The monoisotopic (exact) mass is 343 g/mol. The van der Waals surface area contributed by atoms with E-state index >= 15 is 0 Å². The van der Waals surface area contributed by atoms with Gasteiger partial charge in [-0.25, -0.2) is 16.8 Å². The van der Waals surface area contributed by atoms with Crippen LogP contribution in [0.1, 0.15) is 12.0 Å². The number of hydrogen-bond donors (Lipinski definition) is 1. The van der Waals surface area contributed by atoms with Crippen molar-refractivity contribution in [2.24, 2.45) is 0 Å². The molecule has 1 aliphatic rings. The molecule has 2 rings (SSSR count). The molecule has 118 valence electrons. The molecule has 1 fully saturated rings. The van der Waals surface area contributed by atoms with Gasteiger partial charge in [0.2, 0.25) is 10.0 Å². The number of alkyl halides is 3. The number of anilines is 1. The first kappa shape index (κ1) is 16.1. The molecule has 1 aliphatic heterocycles. The molecule has 21 heavy (non-hydrogen) atoms. The fourth-order valence-electron chi connectivity index (χ4n) is 2.01. The van der Waals surface area contributed by atoms with E-state index in [0.717, 1.165) is 12.1 Å². The molecular weight excluding hydrogens is 331 g/mol. The van der Waals surface area contributed by atoms with E-state index in [0.29, 0.717) is 6.07 Å². The smallest absolute Gasteiger partial charge is 0.283 e. The van der Waals surface area contributed by atoms with Gasteiger partial charge < -0.3 is 0 Å². The van der Waals surface area contributed by atoms with Crippen LogP contribution in [0.3, 0.4) is 0 Å². The Morgan fingerprint density at radius 2 is 1.90 bits per heavy atom. The highest BCUT2D eigenvalue weighted by Gasteiger charge is 2.37. The average Bonchev–Trinajstić information content (AvgIpc) is 2.69. The van der Waals surface area contributed by atoms with Crippen LogP contribution >= 0.6 is 0 Å². The van der Waals surface area contributed by atoms with Crippen LogP contribution in [0, 0.1) is 0 Å². The lowest BCUT2D eigenvalue weighted by Gasteiger charge is -2.14. The van der Waals surface area contributed by atoms with Crippen molar-refractivity contribution >= 4 is 25.5 Å². The third-order valence-corrected chi connectivity index (χ3v) is 6.86. The van der Waals surface area contributed by atoms with Crippen molar-refractivity contribution < 1.29 is 30.0 Å². The molecule has 1 heterocycles. The summed E-state index contributed by atoms with van der Waals surface area (Å²) in [6, 6.07) is 3.74. The summed E-state index contributed by atoms with van der Waals surface area (Å²) in [6.45, 7) is 0. The number of rotatable bonds is 3. The summed E-state index contributed by atoms with van der Waals surface area (Å²) in [5, 5.41) is -1.14. The average molecular weight is 343 g/mol. The van der Waals surface area contributed by atoms with Crippen LogP contribution in [0.5, 0.6) is 0 Å². The summed E-state index contributed by atoms with van der Waals surface area (Å²) >= 11 is 0. The maximum Gasteiger partial charge on any atom is 0.416 e. The SMILES string of the molecule is O=S1(=O)CC[C@@H](S(=O)(=O)Nc2cccc(C(F)(F)F)c2)C1. The molecule has 1 saturated heterocycles. The molecular formula is C11H12F3NO4S2. The molecule has 0 spiro atoms. The largest absolute Gasteiger partial charge is 0.416 e. The molecule has 1 atom stereocenters. The van der Waals surface area contributed by atoms with Gasteiger partial charge in [0.1, 0.15) is 0 Å². The van der Waals surface area contributed by atoms with Gasteiger partial charge in [-0.2, -0.15) is 13.2 Å². The second-order valence-electron chi connectivity index (χ2n) is 4.75. The summed E-state index contributed by atoms with van der Waals surface area (Å²) in [4.78, 5) is 0. The van der Waals surface area contributed by atoms with Gasteiger partial charge in [0.05, 0.1) is 22.3 Å². The molecule has 0 unspecified atom stereocenters. The third kappa shape index (κ3) is 3.88. The van der Waals surface area contributed by atoms with Crippen molar-refractivity contribution in [3.63, 3.8) is 0 Å². The maximum atomic E-state index is 12.5. The lowest BCUT2D eigenvalue weighted by atomic mass is 10.2. The summed E-state index contributed by atoms with van der Waals surface area (Å²) in [6.07, 6.45) is -4.64. The Morgan fingerprint density at radius 1 is 1.24 bits per heavy atom. The van der Waals surface area contributed by atoms with Gasteiger partial charge in [-0.1, -0.05) is 6.07 Å². The predicted molar refractivity (Wildman–Crippen MR) is 71.0 cm³/mol. The zero-order chi connectivity index (χ0) is 15.9. The molecule has 0 bridgehead atoms. The first-order valence-electron chi connectivity index (χ1n) is 5.89. The Balaban J connectivity index is 2.22. The molecule has 1 N–H and O–H groups in total. The Labute approximate surface area is 120 Å². The van der Waals surface area contributed by atoms with E-state index in [1.165, 1.54) is 6.07 Å². The Bertz CT molecular complexity index is 741. The van der Waals surface area contributed by atoms with Crippen LogP contribution in [-0.2, 0) is 26.0 Å². The molecule has 0 saturated carbocycles. The van der Waals surface area contributed by atoms with Crippen LogP contribution in [0.25, 0.3) is 0 Å². The highest BCUT2D eigenvalue weighted by molar-refractivity contribution is 7.97. The minimum Gasteiger partial charge on any atom is -0.283 e. The van der Waals surface area contributed by atoms with Crippen LogP contribution in [0.15, 0.2) is 24.3 Å². The molecule has 0 radical (unpaired) electrons. The minimum absolute atomic E-state index is 0.0589. The molecule has 0 aromatic heterocycles. The zero-order valence-electron chi connectivity index (χ0n) is 10.6. The Hall–Kier alpha value is -1.29. The highest BCUT2D eigenvalue weighted by Crippen LogP contribution is 2.31. The van der Waals surface area contributed by atoms with E-state index in [-0.39, 0.29) is 17.9 Å². The summed E-state index contributed by atoms with van der Waals surface area (Å²) in [5.41, 5.74) is -1.23. The van der Waals surface area contributed by atoms with E-state index in [9.17, 15) is 30.0 Å². The van der Waals surface area contributed by atoms with Crippen LogP contribution in [-0.4, -0.2) is 33.6 Å². The van der Waals surface area contributed by atoms with Crippen LogP contribution in [0.4, 0.5) is 18.9 Å². The third-order valence-electron chi connectivity index (χ3n) is 3.08. The number of nitrogens with one attached hydrogen (secondary N) is 1. The van der Waals surface area contributed by atoms with E-state index in [1.807, 2.05) is 4.72 Å². The normalized spacial score (nSPS) is 22.1. The van der Waals surface area contributed by atoms with Crippen molar-refractivity contribution in [1.29, 1.82) is 0 Å². The maximum absolute atomic E-state index is 12.5. The number of benzene rings is 1. The van der Waals surface area contributed by atoms with Crippen molar-refractivity contribution in [1.82, 2.24) is 0 Å². The number of halogens is 3. The zero-order valence-corrected chi connectivity index (χ0v) is 12.2. The molecule has 10 heteroatoms.